The standard InChI is InChI=1S/C22H17NO/c24-23-21(14-16-8-2-1-3-9-16)22-19-12-6-4-10-17(19)15-18-11-5-7-13-20(18)22/h1-13,15,24H,14H2. The van der Waals surface area contributed by atoms with Crippen molar-refractivity contribution in [3.63, 3.8) is 0 Å². The molecule has 0 heterocycles. The maximum absolute atomic E-state index is 9.75. The Balaban J connectivity index is 1.98. The van der Waals surface area contributed by atoms with Gasteiger partial charge in [-0.1, -0.05) is 84.0 Å². The Morgan fingerprint density at radius 1 is 0.708 bits per heavy atom. The highest BCUT2D eigenvalue weighted by Gasteiger charge is 2.14. The number of nitrogens with zero attached hydrogens (tertiary/aromatic N) is 1. The third-order valence-corrected chi connectivity index (χ3v) is 4.39. The molecular weight excluding hydrogens is 294 g/mol. The average Bonchev–Trinajstić information content (AvgIpc) is 2.65. The van der Waals surface area contributed by atoms with Gasteiger partial charge in [0, 0.05) is 12.0 Å². The van der Waals surface area contributed by atoms with Crippen molar-refractivity contribution in [2.45, 2.75) is 6.42 Å². The molecule has 0 aliphatic carbocycles. The molecule has 0 radical (unpaired) electrons. The summed E-state index contributed by atoms with van der Waals surface area (Å²) in [5.74, 6) is 0. The van der Waals surface area contributed by atoms with Gasteiger partial charge in [-0.25, -0.2) is 0 Å². The van der Waals surface area contributed by atoms with E-state index in [4.69, 9.17) is 0 Å². The number of oxime groups is 1. The van der Waals surface area contributed by atoms with E-state index in [-0.39, 0.29) is 0 Å². The third-order valence-electron chi connectivity index (χ3n) is 4.39. The molecule has 0 atom stereocenters. The summed E-state index contributed by atoms with van der Waals surface area (Å²) in [6.45, 7) is 0. The molecule has 2 nitrogen and oxygen atoms in total. The second-order valence-corrected chi connectivity index (χ2v) is 5.90. The molecule has 0 unspecified atom stereocenters. The topological polar surface area (TPSA) is 32.6 Å². The molecule has 0 aliphatic rings. The van der Waals surface area contributed by atoms with Crippen molar-refractivity contribution in [3.05, 3.63) is 96.1 Å². The minimum Gasteiger partial charge on any atom is -0.411 e. The van der Waals surface area contributed by atoms with E-state index in [1.807, 2.05) is 42.5 Å². The molecule has 0 fully saturated rings. The van der Waals surface area contributed by atoms with E-state index in [1.54, 1.807) is 0 Å². The smallest absolute Gasteiger partial charge is 0.0923 e. The van der Waals surface area contributed by atoms with Gasteiger partial charge < -0.3 is 5.21 Å². The second kappa shape index (κ2) is 6.17. The second-order valence-electron chi connectivity index (χ2n) is 5.90. The van der Waals surface area contributed by atoms with Crippen molar-refractivity contribution in [2.75, 3.05) is 0 Å². The van der Waals surface area contributed by atoms with Gasteiger partial charge in [0.2, 0.25) is 0 Å². The van der Waals surface area contributed by atoms with Crippen LogP contribution in [0.2, 0.25) is 0 Å². The van der Waals surface area contributed by atoms with Gasteiger partial charge in [0.1, 0.15) is 0 Å². The lowest BCUT2D eigenvalue weighted by atomic mass is 9.91. The fourth-order valence-corrected chi connectivity index (χ4v) is 3.29. The van der Waals surface area contributed by atoms with Crippen LogP contribution in [-0.2, 0) is 6.42 Å². The summed E-state index contributed by atoms with van der Waals surface area (Å²) < 4.78 is 0. The molecule has 0 saturated heterocycles. The van der Waals surface area contributed by atoms with Crippen LogP contribution in [-0.4, -0.2) is 10.9 Å². The van der Waals surface area contributed by atoms with Gasteiger partial charge in [0.05, 0.1) is 5.71 Å². The first-order valence-corrected chi connectivity index (χ1v) is 8.02. The zero-order valence-electron chi connectivity index (χ0n) is 13.2. The Hall–Kier alpha value is -3.13. The van der Waals surface area contributed by atoms with Crippen molar-refractivity contribution in [1.29, 1.82) is 0 Å². The highest BCUT2D eigenvalue weighted by Crippen LogP contribution is 2.29. The summed E-state index contributed by atoms with van der Waals surface area (Å²) in [6, 6.07) is 28.8. The Kier molecular flexibility index (Phi) is 3.72. The molecule has 0 amide bonds. The van der Waals surface area contributed by atoms with E-state index < -0.39 is 0 Å². The van der Waals surface area contributed by atoms with E-state index in [0.29, 0.717) is 12.1 Å². The normalized spacial score (nSPS) is 11.9. The molecule has 1 N–H and O–H groups in total. The van der Waals surface area contributed by atoms with Crippen molar-refractivity contribution in [1.82, 2.24) is 0 Å². The van der Waals surface area contributed by atoms with E-state index in [0.717, 1.165) is 32.7 Å². The van der Waals surface area contributed by atoms with Crippen LogP contribution in [0.4, 0.5) is 0 Å². The Labute approximate surface area is 140 Å². The van der Waals surface area contributed by atoms with Crippen molar-refractivity contribution in [2.24, 2.45) is 5.16 Å². The highest BCUT2D eigenvalue weighted by molar-refractivity contribution is 6.21. The number of hydrogen-bond acceptors (Lipinski definition) is 2. The predicted octanol–water partition coefficient (Wildman–Crippen LogP) is 5.41. The van der Waals surface area contributed by atoms with E-state index in [2.05, 4.69) is 47.6 Å². The summed E-state index contributed by atoms with van der Waals surface area (Å²) in [5.41, 5.74) is 2.83. The van der Waals surface area contributed by atoms with Crippen LogP contribution in [0.15, 0.2) is 90.1 Å². The lowest BCUT2D eigenvalue weighted by Gasteiger charge is -2.13. The molecular formula is C22H17NO. The highest BCUT2D eigenvalue weighted by atomic mass is 16.4. The zero-order chi connectivity index (χ0) is 16.4. The first-order valence-electron chi connectivity index (χ1n) is 8.02. The summed E-state index contributed by atoms with van der Waals surface area (Å²) in [5, 5.41) is 17.9. The van der Waals surface area contributed by atoms with Gasteiger partial charge in [-0.3, -0.25) is 0 Å². The molecule has 0 bridgehead atoms. The van der Waals surface area contributed by atoms with Crippen LogP contribution in [0.25, 0.3) is 21.5 Å². The van der Waals surface area contributed by atoms with E-state index in [9.17, 15) is 5.21 Å². The number of benzene rings is 4. The molecule has 2 heteroatoms. The minimum atomic E-state index is 0.593. The van der Waals surface area contributed by atoms with Crippen LogP contribution in [0.5, 0.6) is 0 Å². The van der Waals surface area contributed by atoms with Gasteiger partial charge in [0.15, 0.2) is 0 Å². The van der Waals surface area contributed by atoms with E-state index in [1.165, 1.54) is 0 Å². The lowest BCUT2D eigenvalue weighted by Crippen LogP contribution is -2.07. The summed E-state index contributed by atoms with van der Waals surface area (Å²) in [6.07, 6.45) is 0.593. The van der Waals surface area contributed by atoms with Gasteiger partial charge >= 0.3 is 0 Å². The molecule has 4 rings (SSSR count). The van der Waals surface area contributed by atoms with E-state index >= 15 is 0 Å². The first-order chi connectivity index (χ1) is 11.9. The van der Waals surface area contributed by atoms with Gasteiger partial charge in [-0.15, -0.1) is 0 Å². The monoisotopic (exact) mass is 311 g/mol. The molecule has 0 aromatic heterocycles. The third kappa shape index (κ3) is 2.52. The lowest BCUT2D eigenvalue weighted by molar-refractivity contribution is 0.318. The molecule has 116 valence electrons. The number of fused-ring (bicyclic) bond motifs is 2. The Bertz CT molecular complexity index is 981. The zero-order valence-corrected chi connectivity index (χ0v) is 13.2. The van der Waals surface area contributed by atoms with Gasteiger partial charge in [-0.05, 0) is 33.2 Å². The largest absolute Gasteiger partial charge is 0.411 e. The van der Waals surface area contributed by atoms with Crippen molar-refractivity contribution < 1.29 is 5.21 Å². The summed E-state index contributed by atoms with van der Waals surface area (Å²) >= 11 is 0. The first kappa shape index (κ1) is 14.5. The molecule has 4 aromatic rings. The fraction of sp³-hybridized carbons (Fsp3) is 0.0455. The van der Waals surface area contributed by atoms with Crippen LogP contribution in [0, 0.1) is 0 Å². The van der Waals surface area contributed by atoms with Crippen molar-refractivity contribution >= 4 is 27.3 Å². The molecule has 0 saturated carbocycles. The Morgan fingerprint density at radius 2 is 1.25 bits per heavy atom. The quantitative estimate of drug-likeness (QED) is 0.233. The average molecular weight is 311 g/mol. The molecule has 24 heavy (non-hydrogen) atoms. The molecule has 0 spiro atoms. The molecule has 0 aliphatic heterocycles. The molecule has 4 aromatic carbocycles. The Morgan fingerprint density at radius 3 is 1.83 bits per heavy atom. The summed E-state index contributed by atoms with van der Waals surface area (Å²) in [7, 11) is 0. The summed E-state index contributed by atoms with van der Waals surface area (Å²) in [4.78, 5) is 0. The number of rotatable bonds is 3. The van der Waals surface area contributed by atoms with Crippen LogP contribution >= 0.6 is 0 Å². The van der Waals surface area contributed by atoms with Crippen molar-refractivity contribution in [3.8, 4) is 0 Å². The van der Waals surface area contributed by atoms with Crippen LogP contribution < -0.4 is 0 Å². The predicted molar refractivity (Wildman–Crippen MR) is 99.9 cm³/mol. The van der Waals surface area contributed by atoms with Crippen LogP contribution in [0.1, 0.15) is 11.1 Å². The fourth-order valence-electron chi connectivity index (χ4n) is 3.29. The van der Waals surface area contributed by atoms with Gasteiger partial charge in [0.25, 0.3) is 0 Å². The SMILES string of the molecule is ON=C(Cc1ccccc1)c1c2ccccc2cc2ccccc12. The van der Waals surface area contributed by atoms with Gasteiger partial charge in [-0.2, -0.15) is 0 Å². The maximum Gasteiger partial charge on any atom is 0.0923 e. The maximum atomic E-state index is 9.75. The van der Waals surface area contributed by atoms with Crippen LogP contribution in [0.3, 0.4) is 0 Å². The number of hydrogen-bond donors (Lipinski definition) is 1. The minimum absolute atomic E-state index is 0.593.